The number of aromatic nitrogens is 1. The Balaban J connectivity index is 1.89. The van der Waals surface area contributed by atoms with Crippen LogP contribution in [0, 0.1) is 17.8 Å². The molecule has 1 atom stereocenters. The molecule has 0 spiro atoms. The van der Waals surface area contributed by atoms with Gasteiger partial charge in [-0.05, 0) is 55.6 Å². The number of rotatable bonds is 5. The predicted octanol–water partition coefficient (Wildman–Crippen LogP) is 2.92. The number of hydrogen-bond acceptors (Lipinski definition) is 3. The molecule has 1 fully saturated rings. The van der Waals surface area contributed by atoms with Gasteiger partial charge in [-0.1, -0.05) is 19.9 Å². The molecule has 106 valence electrons. The highest BCUT2D eigenvalue weighted by Gasteiger charge is 2.28. The van der Waals surface area contributed by atoms with Crippen molar-refractivity contribution in [1.82, 2.24) is 10.4 Å². The maximum atomic E-state index is 5.77. The molecule has 1 aliphatic rings. The first-order chi connectivity index (χ1) is 9.20. The van der Waals surface area contributed by atoms with Gasteiger partial charge in [0.2, 0.25) is 0 Å². The van der Waals surface area contributed by atoms with Crippen LogP contribution in [0.3, 0.4) is 0 Å². The lowest BCUT2D eigenvalue weighted by Crippen LogP contribution is -2.44. The number of hydrogen-bond donors (Lipinski definition) is 2. The summed E-state index contributed by atoms with van der Waals surface area (Å²) in [6.07, 6.45) is 8.09. The lowest BCUT2D eigenvalue weighted by Gasteiger charge is -2.35. The van der Waals surface area contributed by atoms with E-state index in [9.17, 15) is 0 Å². The highest BCUT2D eigenvalue weighted by Crippen LogP contribution is 2.35. The van der Waals surface area contributed by atoms with E-state index in [4.69, 9.17) is 5.84 Å². The van der Waals surface area contributed by atoms with Gasteiger partial charge >= 0.3 is 0 Å². The summed E-state index contributed by atoms with van der Waals surface area (Å²) in [5.74, 6) is 8.19. The van der Waals surface area contributed by atoms with Crippen LogP contribution >= 0.6 is 0 Å². The molecule has 1 heterocycles. The molecule has 0 radical (unpaired) electrons. The Bertz CT molecular complexity index is 356. The Kier molecular flexibility index (Phi) is 5.34. The van der Waals surface area contributed by atoms with Crippen molar-refractivity contribution in [3.05, 3.63) is 30.1 Å². The van der Waals surface area contributed by atoms with E-state index in [0.717, 1.165) is 24.0 Å². The maximum Gasteiger partial charge on any atom is 0.0419 e. The van der Waals surface area contributed by atoms with Crippen LogP contribution < -0.4 is 11.3 Å². The van der Waals surface area contributed by atoms with Crippen LogP contribution in [0.25, 0.3) is 0 Å². The van der Waals surface area contributed by atoms with E-state index in [1.807, 2.05) is 18.3 Å². The first-order valence-electron chi connectivity index (χ1n) is 7.56. The molecular formula is C16H27N3. The molecule has 0 aromatic carbocycles. The van der Waals surface area contributed by atoms with Gasteiger partial charge in [0.15, 0.2) is 0 Å². The summed E-state index contributed by atoms with van der Waals surface area (Å²) in [6, 6.07) is 6.46. The lowest BCUT2D eigenvalue weighted by molar-refractivity contribution is 0.187. The molecule has 3 N–H and O–H groups in total. The number of nitrogens with zero attached hydrogens (tertiary/aromatic N) is 1. The second kappa shape index (κ2) is 7.01. The van der Waals surface area contributed by atoms with Crippen molar-refractivity contribution in [2.24, 2.45) is 23.6 Å². The Morgan fingerprint density at radius 1 is 1.21 bits per heavy atom. The highest BCUT2D eigenvalue weighted by molar-refractivity contribution is 5.06. The fourth-order valence-electron chi connectivity index (χ4n) is 3.32. The largest absolute Gasteiger partial charge is 0.271 e. The first-order valence-corrected chi connectivity index (χ1v) is 7.56. The molecule has 0 aliphatic heterocycles. The van der Waals surface area contributed by atoms with Crippen molar-refractivity contribution in [3.63, 3.8) is 0 Å². The quantitative estimate of drug-likeness (QED) is 0.633. The molecule has 2 rings (SSSR count). The molecule has 3 heteroatoms. The summed E-state index contributed by atoms with van der Waals surface area (Å²) in [4.78, 5) is 4.41. The van der Waals surface area contributed by atoms with Gasteiger partial charge in [-0.2, -0.15) is 0 Å². The van der Waals surface area contributed by atoms with Crippen molar-refractivity contribution in [3.8, 4) is 0 Å². The molecule has 1 saturated carbocycles. The van der Waals surface area contributed by atoms with Crippen molar-refractivity contribution in [2.75, 3.05) is 0 Å². The number of nitrogens with one attached hydrogen (secondary N) is 1. The smallest absolute Gasteiger partial charge is 0.0419 e. The van der Waals surface area contributed by atoms with Gasteiger partial charge in [0.25, 0.3) is 0 Å². The Morgan fingerprint density at radius 2 is 1.89 bits per heavy atom. The van der Waals surface area contributed by atoms with E-state index >= 15 is 0 Å². The SMILES string of the molecule is CC(C)C1CCC(C(Cc2ccccn2)NN)CC1. The third kappa shape index (κ3) is 4.02. The maximum absolute atomic E-state index is 5.77. The third-order valence-electron chi connectivity index (χ3n) is 4.70. The van der Waals surface area contributed by atoms with E-state index in [2.05, 4.69) is 30.3 Å². The minimum Gasteiger partial charge on any atom is -0.271 e. The Labute approximate surface area is 117 Å². The average molecular weight is 261 g/mol. The number of pyridine rings is 1. The van der Waals surface area contributed by atoms with E-state index in [1.54, 1.807) is 0 Å². The fraction of sp³-hybridized carbons (Fsp3) is 0.688. The van der Waals surface area contributed by atoms with Crippen LogP contribution in [0.4, 0.5) is 0 Å². The fourth-order valence-corrected chi connectivity index (χ4v) is 3.32. The zero-order valence-corrected chi connectivity index (χ0v) is 12.2. The normalized spacial score (nSPS) is 25.5. The van der Waals surface area contributed by atoms with E-state index in [0.29, 0.717) is 12.0 Å². The molecule has 0 bridgehead atoms. The summed E-state index contributed by atoms with van der Waals surface area (Å²) >= 11 is 0. The minimum absolute atomic E-state index is 0.364. The Hall–Kier alpha value is -0.930. The van der Waals surface area contributed by atoms with Crippen molar-refractivity contribution in [1.29, 1.82) is 0 Å². The van der Waals surface area contributed by atoms with E-state index in [1.165, 1.54) is 25.7 Å². The summed E-state index contributed by atoms with van der Waals surface area (Å²) in [5, 5.41) is 0. The summed E-state index contributed by atoms with van der Waals surface area (Å²) in [5.41, 5.74) is 4.16. The predicted molar refractivity (Wildman–Crippen MR) is 79.3 cm³/mol. The molecule has 1 aliphatic carbocycles. The second-order valence-electron chi connectivity index (χ2n) is 6.22. The molecule has 1 unspecified atom stereocenters. The van der Waals surface area contributed by atoms with Gasteiger partial charge in [0.05, 0.1) is 0 Å². The van der Waals surface area contributed by atoms with Gasteiger partial charge in [-0.25, -0.2) is 0 Å². The molecule has 19 heavy (non-hydrogen) atoms. The lowest BCUT2D eigenvalue weighted by atomic mass is 9.74. The van der Waals surface area contributed by atoms with Gasteiger partial charge in [-0.3, -0.25) is 16.3 Å². The molecule has 1 aromatic rings. The average Bonchev–Trinajstić information content (AvgIpc) is 2.46. The summed E-state index contributed by atoms with van der Waals surface area (Å²) < 4.78 is 0. The van der Waals surface area contributed by atoms with Gasteiger partial charge < -0.3 is 0 Å². The van der Waals surface area contributed by atoms with Crippen LogP contribution in [-0.4, -0.2) is 11.0 Å². The second-order valence-corrected chi connectivity index (χ2v) is 6.22. The standard InChI is InChI=1S/C16H27N3/c1-12(2)13-6-8-14(9-7-13)16(19-17)11-15-5-3-4-10-18-15/h3-5,10,12-14,16,19H,6-9,11,17H2,1-2H3. The number of nitrogens with two attached hydrogens (primary N) is 1. The molecule has 1 aromatic heterocycles. The third-order valence-corrected chi connectivity index (χ3v) is 4.70. The van der Waals surface area contributed by atoms with Crippen LogP contribution in [0.5, 0.6) is 0 Å². The zero-order chi connectivity index (χ0) is 13.7. The number of hydrazine groups is 1. The van der Waals surface area contributed by atoms with Crippen molar-refractivity contribution in [2.45, 2.75) is 52.0 Å². The van der Waals surface area contributed by atoms with Gasteiger partial charge in [0.1, 0.15) is 0 Å². The first kappa shape index (κ1) is 14.5. The van der Waals surface area contributed by atoms with Crippen molar-refractivity contribution < 1.29 is 0 Å². The highest BCUT2D eigenvalue weighted by atomic mass is 15.2. The summed E-state index contributed by atoms with van der Waals surface area (Å²) in [6.45, 7) is 4.69. The van der Waals surface area contributed by atoms with E-state index in [-0.39, 0.29) is 0 Å². The summed E-state index contributed by atoms with van der Waals surface area (Å²) in [7, 11) is 0. The topological polar surface area (TPSA) is 50.9 Å². The molecule has 3 nitrogen and oxygen atoms in total. The van der Waals surface area contributed by atoms with Gasteiger partial charge in [-0.15, -0.1) is 0 Å². The molecular weight excluding hydrogens is 234 g/mol. The van der Waals surface area contributed by atoms with Crippen LogP contribution in [0.2, 0.25) is 0 Å². The molecule has 0 saturated heterocycles. The van der Waals surface area contributed by atoms with Crippen LogP contribution in [0.1, 0.15) is 45.2 Å². The minimum atomic E-state index is 0.364. The van der Waals surface area contributed by atoms with Crippen LogP contribution in [0.15, 0.2) is 24.4 Å². The van der Waals surface area contributed by atoms with Crippen LogP contribution in [-0.2, 0) is 6.42 Å². The zero-order valence-electron chi connectivity index (χ0n) is 12.2. The monoisotopic (exact) mass is 261 g/mol. The Morgan fingerprint density at radius 3 is 2.42 bits per heavy atom. The van der Waals surface area contributed by atoms with Crippen molar-refractivity contribution >= 4 is 0 Å². The molecule has 0 amide bonds. The van der Waals surface area contributed by atoms with Gasteiger partial charge in [0, 0.05) is 24.4 Å². The van der Waals surface area contributed by atoms with E-state index < -0.39 is 0 Å².